The second-order valence-corrected chi connectivity index (χ2v) is 3.51. The van der Waals surface area contributed by atoms with Crippen molar-refractivity contribution in [3.05, 3.63) is 28.8 Å². The van der Waals surface area contributed by atoms with E-state index < -0.39 is 0 Å². The Morgan fingerprint density at radius 3 is 2.94 bits per heavy atom. The molecular formula is C11H12ClNO3. The maximum Gasteiger partial charge on any atom is 0.223 e. The van der Waals surface area contributed by atoms with Crippen LogP contribution in [0.5, 0.6) is 5.75 Å². The van der Waals surface area contributed by atoms with Gasteiger partial charge in [-0.05, 0) is 18.2 Å². The van der Waals surface area contributed by atoms with Gasteiger partial charge in [-0.25, -0.2) is 0 Å². The van der Waals surface area contributed by atoms with Gasteiger partial charge in [0.25, 0.3) is 0 Å². The Balaban J connectivity index is 2.60. The van der Waals surface area contributed by atoms with Gasteiger partial charge in [0.2, 0.25) is 5.91 Å². The quantitative estimate of drug-likeness (QED) is 0.798. The number of halogens is 1. The molecule has 0 radical (unpaired) electrons. The fourth-order valence-corrected chi connectivity index (χ4v) is 1.30. The zero-order valence-electron chi connectivity index (χ0n) is 8.83. The number of carbonyl (C=O) groups is 2. The summed E-state index contributed by atoms with van der Waals surface area (Å²) >= 11 is 5.72. The normalized spacial score (nSPS) is 9.62. The molecule has 0 bridgehead atoms. The maximum atomic E-state index is 10.9. The molecule has 1 aromatic rings. The summed E-state index contributed by atoms with van der Waals surface area (Å²) < 4.78 is 5.30. The molecule has 0 aromatic heterocycles. The second kappa shape index (κ2) is 6.12. The van der Waals surface area contributed by atoms with Crippen LogP contribution in [0.1, 0.15) is 16.8 Å². The smallest absolute Gasteiger partial charge is 0.223 e. The molecule has 0 saturated carbocycles. The van der Waals surface area contributed by atoms with E-state index in [1.807, 2.05) is 0 Å². The third-order valence-electron chi connectivity index (χ3n) is 1.96. The Morgan fingerprint density at radius 2 is 2.31 bits per heavy atom. The number of rotatable bonds is 5. The highest BCUT2D eigenvalue weighted by Gasteiger charge is 2.05. The highest BCUT2D eigenvalue weighted by Crippen LogP contribution is 2.21. The third-order valence-corrected chi connectivity index (χ3v) is 2.20. The average molecular weight is 242 g/mol. The fraction of sp³-hybridized carbons (Fsp3) is 0.273. The maximum absolute atomic E-state index is 10.9. The van der Waals surface area contributed by atoms with Crippen LogP contribution < -0.4 is 10.1 Å². The van der Waals surface area contributed by atoms with Gasteiger partial charge in [-0.15, -0.1) is 0 Å². The predicted octanol–water partition coefficient (Wildman–Crippen LogP) is 1.67. The predicted molar refractivity (Wildman–Crippen MR) is 61.0 cm³/mol. The first kappa shape index (κ1) is 12.5. The summed E-state index contributed by atoms with van der Waals surface area (Å²) in [5.74, 6) is 0.324. The van der Waals surface area contributed by atoms with Gasteiger partial charge in [0.15, 0.2) is 6.29 Å². The van der Waals surface area contributed by atoms with Gasteiger partial charge >= 0.3 is 0 Å². The number of hydrogen-bond acceptors (Lipinski definition) is 3. The lowest BCUT2D eigenvalue weighted by molar-refractivity contribution is -0.121. The molecular weight excluding hydrogens is 230 g/mol. The first-order valence-corrected chi connectivity index (χ1v) is 5.13. The van der Waals surface area contributed by atoms with E-state index in [1.165, 1.54) is 6.07 Å². The monoisotopic (exact) mass is 241 g/mol. The molecule has 0 aliphatic rings. The topological polar surface area (TPSA) is 55.4 Å². The molecule has 1 amide bonds. The van der Waals surface area contributed by atoms with Crippen LogP contribution in [0.25, 0.3) is 0 Å². The summed E-state index contributed by atoms with van der Waals surface area (Å²) in [4.78, 5) is 21.6. The molecule has 0 heterocycles. The van der Waals surface area contributed by atoms with E-state index in [9.17, 15) is 9.59 Å². The molecule has 0 aliphatic carbocycles. The summed E-state index contributed by atoms with van der Waals surface area (Å²) in [5.41, 5.74) is 0.379. The first-order chi connectivity index (χ1) is 7.67. The van der Waals surface area contributed by atoms with Crippen LogP contribution in [0.4, 0.5) is 0 Å². The Labute approximate surface area is 98.5 Å². The number of aldehydes is 1. The molecule has 0 fully saturated rings. The van der Waals surface area contributed by atoms with Gasteiger partial charge in [-0.3, -0.25) is 9.59 Å². The summed E-state index contributed by atoms with van der Waals surface area (Å²) in [6.45, 7) is 0.224. The minimum Gasteiger partial charge on any atom is -0.492 e. The van der Waals surface area contributed by atoms with E-state index in [4.69, 9.17) is 16.3 Å². The number of ether oxygens (including phenoxy) is 1. The lowest BCUT2D eigenvalue weighted by Crippen LogP contribution is -2.20. The Morgan fingerprint density at radius 1 is 1.56 bits per heavy atom. The van der Waals surface area contributed by atoms with Crippen molar-refractivity contribution in [3.63, 3.8) is 0 Å². The van der Waals surface area contributed by atoms with E-state index in [0.717, 1.165) is 0 Å². The molecule has 0 unspecified atom stereocenters. The Kier molecular flexibility index (Phi) is 4.79. The van der Waals surface area contributed by atoms with Gasteiger partial charge in [0.05, 0.1) is 18.6 Å². The fourth-order valence-electron chi connectivity index (χ4n) is 1.12. The third kappa shape index (κ3) is 3.55. The van der Waals surface area contributed by atoms with Crippen molar-refractivity contribution in [1.82, 2.24) is 5.32 Å². The number of nitrogens with one attached hydrogen (secondary N) is 1. The van der Waals surface area contributed by atoms with Crippen molar-refractivity contribution in [2.45, 2.75) is 6.42 Å². The summed E-state index contributed by atoms with van der Waals surface area (Å²) in [6.07, 6.45) is 0.915. The van der Waals surface area contributed by atoms with E-state index in [1.54, 1.807) is 19.2 Å². The summed E-state index contributed by atoms with van der Waals surface area (Å²) in [5, 5.41) is 2.95. The van der Waals surface area contributed by atoms with Crippen LogP contribution >= 0.6 is 11.6 Å². The number of amides is 1. The molecule has 86 valence electrons. The standard InChI is InChI=1S/C11H12ClNO3/c1-13-11(15)4-5-16-10-3-2-9(12)6-8(10)7-14/h2-3,6-7H,4-5H2,1H3,(H,13,15). The van der Waals surface area contributed by atoms with Crippen LogP contribution in [-0.4, -0.2) is 25.8 Å². The van der Waals surface area contributed by atoms with Crippen LogP contribution in [0.3, 0.4) is 0 Å². The number of hydrogen-bond donors (Lipinski definition) is 1. The van der Waals surface area contributed by atoms with Crippen molar-refractivity contribution in [3.8, 4) is 5.75 Å². The van der Waals surface area contributed by atoms with Crippen LogP contribution in [0.2, 0.25) is 5.02 Å². The highest BCUT2D eigenvalue weighted by atomic mass is 35.5. The summed E-state index contributed by atoms with van der Waals surface area (Å²) in [6, 6.07) is 4.75. The van der Waals surface area contributed by atoms with Crippen molar-refractivity contribution in [1.29, 1.82) is 0 Å². The van der Waals surface area contributed by atoms with Crippen molar-refractivity contribution in [2.75, 3.05) is 13.7 Å². The van der Waals surface area contributed by atoms with Gasteiger partial charge < -0.3 is 10.1 Å². The lowest BCUT2D eigenvalue weighted by atomic mass is 10.2. The molecule has 4 nitrogen and oxygen atoms in total. The Hall–Kier alpha value is -1.55. The minimum absolute atomic E-state index is 0.110. The van der Waals surface area contributed by atoms with Crippen molar-refractivity contribution >= 4 is 23.8 Å². The van der Waals surface area contributed by atoms with Crippen molar-refractivity contribution in [2.24, 2.45) is 0 Å². The van der Waals surface area contributed by atoms with Crippen LogP contribution in [0, 0.1) is 0 Å². The zero-order valence-corrected chi connectivity index (χ0v) is 9.58. The number of carbonyl (C=O) groups excluding carboxylic acids is 2. The van der Waals surface area contributed by atoms with Gasteiger partial charge in [0, 0.05) is 12.1 Å². The molecule has 0 atom stereocenters. The summed E-state index contributed by atoms with van der Waals surface area (Å²) in [7, 11) is 1.56. The van der Waals surface area contributed by atoms with E-state index in [0.29, 0.717) is 22.6 Å². The lowest BCUT2D eigenvalue weighted by Gasteiger charge is -2.07. The zero-order chi connectivity index (χ0) is 12.0. The average Bonchev–Trinajstić information content (AvgIpc) is 2.30. The molecule has 0 aliphatic heterocycles. The molecule has 0 saturated heterocycles. The van der Waals surface area contributed by atoms with Crippen molar-refractivity contribution < 1.29 is 14.3 Å². The Bertz CT molecular complexity index is 393. The van der Waals surface area contributed by atoms with Crippen LogP contribution in [0.15, 0.2) is 18.2 Å². The van der Waals surface area contributed by atoms with Gasteiger partial charge in [-0.1, -0.05) is 11.6 Å². The SMILES string of the molecule is CNC(=O)CCOc1ccc(Cl)cc1C=O. The minimum atomic E-state index is -0.110. The van der Waals surface area contributed by atoms with E-state index in [2.05, 4.69) is 5.32 Å². The highest BCUT2D eigenvalue weighted by molar-refractivity contribution is 6.30. The van der Waals surface area contributed by atoms with E-state index >= 15 is 0 Å². The largest absolute Gasteiger partial charge is 0.492 e. The number of benzene rings is 1. The molecule has 1 N–H and O–H groups in total. The molecule has 16 heavy (non-hydrogen) atoms. The first-order valence-electron chi connectivity index (χ1n) is 4.75. The van der Waals surface area contributed by atoms with Gasteiger partial charge in [0.1, 0.15) is 5.75 Å². The van der Waals surface area contributed by atoms with Gasteiger partial charge in [-0.2, -0.15) is 0 Å². The van der Waals surface area contributed by atoms with E-state index in [-0.39, 0.29) is 18.9 Å². The van der Waals surface area contributed by atoms with Crippen LogP contribution in [-0.2, 0) is 4.79 Å². The molecule has 0 spiro atoms. The molecule has 1 rings (SSSR count). The molecule has 1 aromatic carbocycles. The molecule has 5 heteroatoms. The second-order valence-electron chi connectivity index (χ2n) is 3.07.